The van der Waals surface area contributed by atoms with Gasteiger partial charge in [-0.15, -0.1) is 0 Å². The van der Waals surface area contributed by atoms with Crippen LogP contribution in [0.2, 0.25) is 0 Å². The number of rotatable bonds is 10. The molecule has 0 aromatic heterocycles. The second kappa shape index (κ2) is 11.9. The second-order valence-electron chi connectivity index (χ2n) is 8.10. The van der Waals surface area contributed by atoms with Gasteiger partial charge < -0.3 is 24.8 Å². The van der Waals surface area contributed by atoms with Crippen molar-refractivity contribution < 1.29 is 14.2 Å². The average Bonchev–Trinajstić information content (AvgIpc) is 3.15. The van der Waals surface area contributed by atoms with E-state index in [0.717, 1.165) is 69.6 Å². The molecule has 1 aromatic carbocycles. The number of hydrogen-bond donors (Lipinski definition) is 2. The predicted octanol–water partition coefficient (Wildman–Crippen LogP) is 3.36. The molecule has 1 fully saturated rings. The first-order valence-electron chi connectivity index (χ1n) is 10.4. The molecule has 6 nitrogen and oxygen atoms in total. The molecule has 0 bridgehead atoms. The SMILES string of the molecule is CCNC(=NCc1ccccc1OC(C)(C)C)NCCCOCC1CCOC1. The van der Waals surface area contributed by atoms with Gasteiger partial charge in [-0.2, -0.15) is 0 Å². The van der Waals surface area contributed by atoms with E-state index in [1.54, 1.807) is 0 Å². The molecule has 28 heavy (non-hydrogen) atoms. The molecule has 1 aromatic rings. The highest BCUT2D eigenvalue weighted by atomic mass is 16.5. The summed E-state index contributed by atoms with van der Waals surface area (Å²) in [6.45, 7) is 13.7. The summed E-state index contributed by atoms with van der Waals surface area (Å²) in [7, 11) is 0. The zero-order valence-corrected chi connectivity index (χ0v) is 17.9. The number of benzene rings is 1. The molecule has 1 aliphatic heterocycles. The third kappa shape index (κ3) is 8.93. The topological polar surface area (TPSA) is 64.1 Å². The lowest BCUT2D eigenvalue weighted by Crippen LogP contribution is -2.38. The van der Waals surface area contributed by atoms with Crippen LogP contribution in [0.5, 0.6) is 5.75 Å². The van der Waals surface area contributed by atoms with Gasteiger partial charge in [-0.3, -0.25) is 0 Å². The Kier molecular flexibility index (Phi) is 9.58. The second-order valence-corrected chi connectivity index (χ2v) is 8.10. The van der Waals surface area contributed by atoms with Gasteiger partial charge in [0.15, 0.2) is 5.96 Å². The summed E-state index contributed by atoms with van der Waals surface area (Å²) in [5, 5.41) is 6.68. The molecule has 2 N–H and O–H groups in total. The quantitative estimate of drug-likeness (QED) is 0.364. The Bertz CT molecular complexity index is 593. The first-order valence-corrected chi connectivity index (χ1v) is 10.4. The summed E-state index contributed by atoms with van der Waals surface area (Å²) >= 11 is 0. The molecule has 0 spiro atoms. The number of guanidine groups is 1. The molecular formula is C22H37N3O3. The minimum Gasteiger partial charge on any atom is -0.488 e. The monoisotopic (exact) mass is 391 g/mol. The van der Waals surface area contributed by atoms with Gasteiger partial charge in [-0.1, -0.05) is 18.2 Å². The molecule has 1 atom stereocenters. The van der Waals surface area contributed by atoms with Crippen molar-refractivity contribution in [2.24, 2.45) is 10.9 Å². The zero-order valence-electron chi connectivity index (χ0n) is 17.9. The molecule has 2 rings (SSSR count). The molecule has 0 aliphatic carbocycles. The maximum Gasteiger partial charge on any atom is 0.191 e. The number of aliphatic imine (C=N–C) groups is 1. The normalized spacial score (nSPS) is 17.6. The third-order valence-corrected chi connectivity index (χ3v) is 4.28. The van der Waals surface area contributed by atoms with Crippen LogP contribution in [-0.4, -0.2) is 51.1 Å². The first-order chi connectivity index (χ1) is 13.5. The van der Waals surface area contributed by atoms with E-state index in [9.17, 15) is 0 Å². The van der Waals surface area contributed by atoms with E-state index in [-0.39, 0.29) is 5.60 Å². The first kappa shape index (κ1) is 22.5. The van der Waals surface area contributed by atoms with E-state index in [0.29, 0.717) is 12.5 Å². The van der Waals surface area contributed by atoms with Crippen molar-refractivity contribution in [3.05, 3.63) is 29.8 Å². The fourth-order valence-corrected chi connectivity index (χ4v) is 2.92. The average molecular weight is 392 g/mol. The lowest BCUT2D eigenvalue weighted by molar-refractivity contribution is 0.0888. The van der Waals surface area contributed by atoms with E-state index in [2.05, 4.69) is 44.4 Å². The lowest BCUT2D eigenvalue weighted by Gasteiger charge is -2.23. The Morgan fingerprint density at radius 1 is 1.25 bits per heavy atom. The van der Waals surface area contributed by atoms with Crippen LogP contribution in [0.15, 0.2) is 29.3 Å². The van der Waals surface area contributed by atoms with Crippen LogP contribution < -0.4 is 15.4 Å². The number of hydrogen-bond acceptors (Lipinski definition) is 4. The van der Waals surface area contributed by atoms with Gasteiger partial charge >= 0.3 is 0 Å². The minimum atomic E-state index is -0.229. The molecule has 1 saturated heterocycles. The molecule has 0 amide bonds. The van der Waals surface area contributed by atoms with Crippen LogP contribution in [0.25, 0.3) is 0 Å². The molecule has 1 aliphatic rings. The number of nitrogens with one attached hydrogen (secondary N) is 2. The van der Waals surface area contributed by atoms with E-state index in [1.807, 2.05) is 18.2 Å². The third-order valence-electron chi connectivity index (χ3n) is 4.28. The van der Waals surface area contributed by atoms with Gasteiger partial charge in [-0.05, 0) is 46.6 Å². The predicted molar refractivity (Wildman–Crippen MR) is 114 cm³/mol. The molecule has 0 radical (unpaired) electrons. The Balaban J connectivity index is 1.77. The van der Waals surface area contributed by atoms with Gasteiger partial charge in [-0.25, -0.2) is 4.99 Å². The smallest absolute Gasteiger partial charge is 0.191 e. The number of para-hydroxylation sites is 1. The van der Waals surface area contributed by atoms with Crippen molar-refractivity contribution in [2.45, 2.75) is 52.7 Å². The molecular weight excluding hydrogens is 354 g/mol. The van der Waals surface area contributed by atoms with Crippen molar-refractivity contribution in [3.63, 3.8) is 0 Å². The van der Waals surface area contributed by atoms with E-state index < -0.39 is 0 Å². The standard InChI is InChI=1S/C22H37N3O3/c1-5-23-21(24-12-8-13-26-16-18-11-14-27-17-18)25-15-19-9-6-7-10-20(19)28-22(2,3)4/h6-7,9-10,18H,5,8,11-17H2,1-4H3,(H2,23,24,25). The summed E-state index contributed by atoms with van der Waals surface area (Å²) in [6.07, 6.45) is 2.07. The summed E-state index contributed by atoms with van der Waals surface area (Å²) in [5.74, 6) is 2.28. The van der Waals surface area contributed by atoms with E-state index >= 15 is 0 Å². The number of ether oxygens (including phenoxy) is 3. The Morgan fingerprint density at radius 3 is 2.79 bits per heavy atom. The van der Waals surface area contributed by atoms with E-state index in [1.165, 1.54) is 0 Å². The highest BCUT2D eigenvalue weighted by molar-refractivity contribution is 5.79. The van der Waals surface area contributed by atoms with Crippen molar-refractivity contribution >= 4 is 5.96 Å². The Labute approximate surface area is 170 Å². The van der Waals surface area contributed by atoms with Crippen molar-refractivity contribution in [2.75, 3.05) is 39.5 Å². The van der Waals surface area contributed by atoms with Crippen LogP contribution in [0.4, 0.5) is 0 Å². The van der Waals surface area contributed by atoms with Crippen molar-refractivity contribution in [3.8, 4) is 5.75 Å². The van der Waals surface area contributed by atoms with Crippen LogP contribution in [0, 0.1) is 5.92 Å². The minimum absolute atomic E-state index is 0.229. The summed E-state index contributed by atoms with van der Waals surface area (Å²) in [5.41, 5.74) is 0.851. The van der Waals surface area contributed by atoms with Gasteiger partial charge in [0.25, 0.3) is 0 Å². The highest BCUT2D eigenvalue weighted by Crippen LogP contribution is 2.23. The van der Waals surface area contributed by atoms with Crippen LogP contribution in [0.1, 0.15) is 46.1 Å². The Morgan fingerprint density at radius 2 is 2.07 bits per heavy atom. The van der Waals surface area contributed by atoms with Crippen LogP contribution in [0.3, 0.4) is 0 Å². The molecule has 158 valence electrons. The fraction of sp³-hybridized carbons (Fsp3) is 0.682. The lowest BCUT2D eigenvalue weighted by atomic mass is 10.1. The molecule has 1 unspecified atom stereocenters. The van der Waals surface area contributed by atoms with Crippen molar-refractivity contribution in [1.29, 1.82) is 0 Å². The Hall–Kier alpha value is -1.79. The van der Waals surface area contributed by atoms with E-state index in [4.69, 9.17) is 19.2 Å². The zero-order chi connectivity index (χ0) is 20.2. The summed E-state index contributed by atoms with van der Waals surface area (Å²) < 4.78 is 17.2. The number of nitrogens with zero attached hydrogens (tertiary/aromatic N) is 1. The van der Waals surface area contributed by atoms with Gasteiger partial charge in [0, 0.05) is 37.8 Å². The van der Waals surface area contributed by atoms with Gasteiger partial charge in [0.05, 0.1) is 19.8 Å². The molecule has 6 heteroatoms. The van der Waals surface area contributed by atoms with Gasteiger partial charge in [0.2, 0.25) is 0 Å². The molecule has 1 heterocycles. The van der Waals surface area contributed by atoms with Crippen LogP contribution >= 0.6 is 0 Å². The van der Waals surface area contributed by atoms with Gasteiger partial charge in [0.1, 0.15) is 11.4 Å². The van der Waals surface area contributed by atoms with Crippen LogP contribution in [-0.2, 0) is 16.0 Å². The fourth-order valence-electron chi connectivity index (χ4n) is 2.92. The maximum absolute atomic E-state index is 6.06. The maximum atomic E-state index is 6.06. The highest BCUT2D eigenvalue weighted by Gasteiger charge is 2.15. The summed E-state index contributed by atoms with van der Waals surface area (Å²) in [6, 6.07) is 8.08. The molecule has 0 saturated carbocycles. The van der Waals surface area contributed by atoms with Crippen molar-refractivity contribution in [1.82, 2.24) is 10.6 Å². The largest absolute Gasteiger partial charge is 0.488 e. The summed E-state index contributed by atoms with van der Waals surface area (Å²) in [4.78, 5) is 4.71.